The summed E-state index contributed by atoms with van der Waals surface area (Å²) >= 11 is 0. The summed E-state index contributed by atoms with van der Waals surface area (Å²) in [4.78, 5) is 24.6. The molecule has 0 aliphatic heterocycles. The minimum Gasteiger partial charge on any atom is -0.350 e. The van der Waals surface area contributed by atoms with Gasteiger partial charge in [0.25, 0.3) is 0 Å². The van der Waals surface area contributed by atoms with Gasteiger partial charge in [0.05, 0.1) is 6.20 Å². The molecule has 0 bridgehead atoms. The third kappa shape index (κ3) is 5.06. The number of nitrogens with one attached hydrogen (secondary N) is 2. The Hall–Kier alpha value is -2.97. The van der Waals surface area contributed by atoms with E-state index in [2.05, 4.69) is 20.9 Å². The minimum absolute atomic E-state index is 0.0357. The number of carbonyl (C=O) groups excluding carboxylic acids is 2. The third-order valence-electron chi connectivity index (χ3n) is 2.89. The third-order valence-corrected chi connectivity index (χ3v) is 2.89. The fraction of sp³-hybridized carbons (Fsp3) is 0.286. The van der Waals surface area contributed by atoms with Crippen molar-refractivity contribution < 1.29 is 14.0 Å². The number of amides is 3. The van der Waals surface area contributed by atoms with Crippen LogP contribution in [0.4, 0.5) is 15.0 Å². The number of benzene rings is 1. The molecule has 1 aromatic heterocycles. The number of hydrogen-bond donors (Lipinski definition) is 2. The fourth-order valence-corrected chi connectivity index (χ4v) is 1.66. The lowest BCUT2D eigenvalue weighted by atomic mass is 10.2. The van der Waals surface area contributed by atoms with Crippen LogP contribution in [0.15, 0.2) is 30.5 Å². The maximum atomic E-state index is 12.8. The molecular formula is C14H17FN6O2. The van der Waals surface area contributed by atoms with Crippen LogP contribution in [0, 0.1) is 5.82 Å². The molecule has 0 atom stereocenters. The van der Waals surface area contributed by atoms with Gasteiger partial charge in [-0.1, -0.05) is 17.3 Å². The first-order chi connectivity index (χ1) is 10.9. The number of halogens is 1. The molecule has 0 saturated carbocycles. The largest absolute Gasteiger partial charge is 0.350 e. The second kappa shape index (κ2) is 7.34. The van der Waals surface area contributed by atoms with Gasteiger partial charge in [0.15, 0.2) is 5.82 Å². The highest BCUT2D eigenvalue weighted by molar-refractivity contribution is 5.87. The quantitative estimate of drug-likeness (QED) is 0.853. The van der Waals surface area contributed by atoms with Crippen LogP contribution in [0.5, 0.6) is 0 Å². The number of urea groups is 1. The summed E-state index contributed by atoms with van der Waals surface area (Å²) in [5.41, 5.74) is 0.789. The van der Waals surface area contributed by atoms with E-state index in [4.69, 9.17) is 0 Å². The summed E-state index contributed by atoms with van der Waals surface area (Å²) in [7, 11) is 3.20. The SMILES string of the molecule is CN(C)C(=O)Nc1cn(CC(=O)NCc2ccc(F)cc2)nn1. The van der Waals surface area contributed by atoms with Crippen LogP contribution in [-0.2, 0) is 17.9 Å². The Kier molecular flexibility index (Phi) is 5.23. The Labute approximate surface area is 132 Å². The minimum atomic E-state index is -0.335. The van der Waals surface area contributed by atoms with E-state index < -0.39 is 0 Å². The maximum Gasteiger partial charge on any atom is 0.322 e. The second-order valence-electron chi connectivity index (χ2n) is 5.03. The molecular weight excluding hydrogens is 303 g/mol. The van der Waals surface area contributed by atoms with Crippen LogP contribution in [0.25, 0.3) is 0 Å². The summed E-state index contributed by atoms with van der Waals surface area (Å²) in [6, 6.07) is 5.52. The van der Waals surface area contributed by atoms with Crippen LogP contribution >= 0.6 is 0 Å². The Morgan fingerprint density at radius 2 is 1.96 bits per heavy atom. The summed E-state index contributed by atoms with van der Waals surface area (Å²) in [6.45, 7) is 0.254. The van der Waals surface area contributed by atoms with Gasteiger partial charge in [-0.3, -0.25) is 10.1 Å². The van der Waals surface area contributed by atoms with Gasteiger partial charge in [0, 0.05) is 20.6 Å². The van der Waals surface area contributed by atoms with Crippen LogP contribution in [-0.4, -0.2) is 45.9 Å². The smallest absolute Gasteiger partial charge is 0.322 e. The zero-order chi connectivity index (χ0) is 16.8. The van der Waals surface area contributed by atoms with Crippen molar-refractivity contribution in [2.45, 2.75) is 13.1 Å². The van der Waals surface area contributed by atoms with Crippen molar-refractivity contribution in [1.29, 1.82) is 0 Å². The van der Waals surface area contributed by atoms with Gasteiger partial charge >= 0.3 is 6.03 Å². The molecule has 23 heavy (non-hydrogen) atoms. The standard InChI is InChI=1S/C14H17FN6O2/c1-20(2)14(23)17-12-8-21(19-18-12)9-13(22)16-7-10-3-5-11(15)6-4-10/h3-6,8H,7,9H2,1-2H3,(H,16,22)(H,17,23). The molecule has 1 heterocycles. The molecule has 3 amide bonds. The first-order valence-electron chi connectivity index (χ1n) is 6.83. The molecule has 0 radical (unpaired) electrons. The number of nitrogens with zero attached hydrogens (tertiary/aromatic N) is 4. The number of aromatic nitrogens is 3. The Morgan fingerprint density at radius 1 is 1.26 bits per heavy atom. The van der Waals surface area contributed by atoms with Gasteiger partial charge in [-0.05, 0) is 17.7 Å². The van der Waals surface area contributed by atoms with E-state index in [0.717, 1.165) is 5.56 Å². The average Bonchev–Trinajstić information content (AvgIpc) is 2.93. The second-order valence-corrected chi connectivity index (χ2v) is 5.03. The molecule has 2 rings (SSSR count). The lowest BCUT2D eigenvalue weighted by molar-refractivity contribution is -0.122. The summed E-state index contributed by atoms with van der Waals surface area (Å²) in [6.07, 6.45) is 1.46. The van der Waals surface area contributed by atoms with Crippen molar-refractivity contribution in [3.8, 4) is 0 Å². The first-order valence-corrected chi connectivity index (χ1v) is 6.83. The van der Waals surface area contributed by atoms with Crippen molar-refractivity contribution in [3.05, 3.63) is 41.8 Å². The Balaban J connectivity index is 1.82. The predicted molar refractivity (Wildman–Crippen MR) is 81.0 cm³/mol. The summed E-state index contributed by atoms with van der Waals surface area (Å²) in [5, 5.41) is 12.7. The van der Waals surface area contributed by atoms with Gasteiger partial charge in [0.1, 0.15) is 12.4 Å². The molecule has 0 fully saturated rings. The lowest BCUT2D eigenvalue weighted by Gasteiger charge is -2.09. The van der Waals surface area contributed by atoms with E-state index in [1.54, 1.807) is 26.2 Å². The molecule has 0 spiro atoms. The van der Waals surface area contributed by atoms with E-state index in [9.17, 15) is 14.0 Å². The van der Waals surface area contributed by atoms with E-state index in [1.807, 2.05) is 0 Å². The van der Waals surface area contributed by atoms with Gasteiger partial charge in [0.2, 0.25) is 5.91 Å². The normalized spacial score (nSPS) is 10.2. The molecule has 8 nitrogen and oxygen atoms in total. The van der Waals surface area contributed by atoms with Crippen molar-refractivity contribution in [2.24, 2.45) is 0 Å². The number of rotatable bonds is 5. The highest BCUT2D eigenvalue weighted by atomic mass is 19.1. The van der Waals surface area contributed by atoms with Gasteiger partial charge in [-0.2, -0.15) is 0 Å². The topological polar surface area (TPSA) is 92.2 Å². The fourth-order valence-electron chi connectivity index (χ4n) is 1.66. The van der Waals surface area contributed by atoms with Gasteiger partial charge < -0.3 is 10.2 Å². The molecule has 2 N–H and O–H groups in total. The maximum absolute atomic E-state index is 12.8. The van der Waals surface area contributed by atoms with E-state index in [0.29, 0.717) is 0 Å². The number of hydrogen-bond acceptors (Lipinski definition) is 4. The van der Waals surface area contributed by atoms with Crippen LogP contribution in [0.2, 0.25) is 0 Å². The first kappa shape index (κ1) is 16.4. The van der Waals surface area contributed by atoms with Crippen LogP contribution < -0.4 is 10.6 Å². The number of anilines is 1. The number of carbonyl (C=O) groups is 2. The molecule has 0 saturated heterocycles. The Bertz CT molecular complexity index is 683. The monoisotopic (exact) mass is 320 g/mol. The zero-order valence-corrected chi connectivity index (χ0v) is 12.8. The average molecular weight is 320 g/mol. The molecule has 0 unspecified atom stereocenters. The van der Waals surface area contributed by atoms with Crippen molar-refractivity contribution in [1.82, 2.24) is 25.2 Å². The molecule has 122 valence electrons. The highest BCUT2D eigenvalue weighted by Gasteiger charge is 2.09. The van der Waals surface area contributed by atoms with Gasteiger partial charge in [-0.25, -0.2) is 13.9 Å². The highest BCUT2D eigenvalue weighted by Crippen LogP contribution is 2.03. The van der Waals surface area contributed by atoms with Crippen molar-refractivity contribution >= 4 is 17.8 Å². The van der Waals surface area contributed by atoms with E-state index in [-0.39, 0.29) is 36.7 Å². The summed E-state index contributed by atoms with van der Waals surface area (Å²) < 4.78 is 14.1. The van der Waals surface area contributed by atoms with Crippen molar-refractivity contribution in [3.63, 3.8) is 0 Å². The molecule has 2 aromatic rings. The molecule has 0 aliphatic carbocycles. The summed E-state index contributed by atoms with van der Waals surface area (Å²) in [5.74, 6) is -0.338. The molecule has 1 aromatic carbocycles. The van der Waals surface area contributed by atoms with E-state index in [1.165, 1.54) is 27.9 Å². The lowest BCUT2D eigenvalue weighted by Crippen LogP contribution is -2.27. The van der Waals surface area contributed by atoms with Crippen LogP contribution in [0.1, 0.15) is 5.56 Å². The van der Waals surface area contributed by atoms with Crippen LogP contribution in [0.3, 0.4) is 0 Å². The Morgan fingerprint density at radius 3 is 2.61 bits per heavy atom. The van der Waals surface area contributed by atoms with Gasteiger partial charge in [-0.15, -0.1) is 5.10 Å². The molecule has 0 aliphatic rings. The van der Waals surface area contributed by atoms with Crippen molar-refractivity contribution in [2.75, 3.05) is 19.4 Å². The molecule has 9 heteroatoms. The predicted octanol–water partition coefficient (Wildman–Crippen LogP) is 0.827. The zero-order valence-electron chi connectivity index (χ0n) is 12.8. The van der Waals surface area contributed by atoms with E-state index >= 15 is 0 Å².